The van der Waals surface area contributed by atoms with Crippen molar-refractivity contribution in [3.63, 3.8) is 0 Å². The van der Waals surface area contributed by atoms with E-state index in [-0.39, 0.29) is 0 Å². The molecule has 78 valence electrons. The number of aromatic nitrogens is 1. The fourth-order valence-corrected chi connectivity index (χ4v) is 1.33. The maximum Gasteiger partial charge on any atom is 0.0703 e. The first-order chi connectivity index (χ1) is 7.19. The van der Waals surface area contributed by atoms with Crippen molar-refractivity contribution in [1.82, 2.24) is 4.98 Å². The number of hydrogen-bond acceptors (Lipinski definition) is 2. The molecule has 0 saturated heterocycles. The summed E-state index contributed by atoms with van der Waals surface area (Å²) >= 11 is 0. The third kappa shape index (κ3) is 2.85. The molecule has 0 unspecified atom stereocenters. The molecule has 0 spiro atoms. The van der Waals surface area contributed by atoms with E-state index in [1.165, 1.54) is 0 Å². The summed E-state index contributed by atoms with van der Waals surface area (Å²) in [7, 11) is 0. The fourth-order valence-electron chi connectivity index (χ4n) is 1.33. The first-order valence-corrected chi connectivity index (χ1v) is 5.03. The third-order valence-corrected chi connectivity index (χ3v) is 2.11. The van der Waals surface area contributed by atoms with Gasteiger partial charge in [0.05, 0.1) is 5.69 Å². The van der Waals surface area contributed by atoms with Crippen molar-refractivity contribution in [3.05, 3.63) is 35.3 Å². The van der Waals surface area contributed by atoms with Crippen LogP contribution in [0.3, 0.4) is 0 Å². The van der Waals surface area contributed by atoms with Gasteiger partial charge in [0.15, 0.2) is 0 Å². The Kier molecular flexibility index (Phi) is 3.93. The van der Waals surface area contributed by atoms with E-state index in [4.69, 9.17) is 5.73 Å². The molecule has 2 N–H and O–H groups in total. The molecule has 0 fully saturated rings. The van der Waals surface area contributed by atoms with Crippen molar-refractivity contribution in [2.24, 2.45) is 5.73 Å². The lowest BCUT2D eigenvalue weighted by atomic mass is 10.1. The van der Waals surface area contributed by atoms with E-state index in [1.807, 2.05) is 26.8 Å². The van der Waals surface area contributed by atoms with Crippen molar-refractivity contribution < 1.29 is 0 Å². The summed E-state index contributed by atoms with van der Waals surface area (Å²) < 4.78 is 0. The second-order valence-electron chi connectivity index (χ2n) is 3.39. The highest BCUT2D eigenvalue weighted by atomic mass is 14.7. The summed E-state index contributed by atoms with van der Waals surface area (Å²) in [5.41, 5.74) is 9.46. The Bertz CT molecular complexity index is 434. The van der Waals surface area contributed by atoms with E-state index in [9.17, 15) is 0 Å². The third-order valence-electron chi connectivity index (χ3n) is 2.11. The molecule has 0 amide bonds. The molecule has 0 saturated carbocycles. The predicted molar refractivity (Wildman–Crippen MR) is 64.0 cm³/mol. The SMILES string of the molecule is CCC#Cc1cnc(/C(C)=C/N)c(C)c1. The van der Waals surface area contributed by atoms with Crippen LogP contribution in [-0.2, 0) is 0 Å². The van der Waals surface area contributed by atoms with Crippen molar-refractivity contribution >= 4 is 5.57 Å². The van der Waals surface area contributed by atoms with E-state index in [0.717, 1.165) is 28.8 Å². The Labute approximate surface area is 91.2 Å². The van der Waals surface area contributed by atoms with Gasteiger partial charge < -0.3 is 5.73 Å². The van der Waals surface area contributed by atoms with Gasteiger partial charge in [-0.1, -0.05) is 18.8 Å². The maximum atomic E-state index is 5.46. The molecular weight excluding hydrogens is 184 g/mol. The van der Waals surface area contributed by atoms with Crippen LogP contribution < -0.4 is 5.73 Å². The van der Waals surface area contributed by atoms with E-state index < -0.39 is 0 Å². The summed E-state index contributed by atoms with van der Waals surface area (Å²) in [6, 6.07) is 2.04. The lowest BCUT2D eigenvalue weighted by Crippen LogP contribution is -1.94. The molecule has 0 atom stereocenters. The molecule has 0 radical (unpaired) electrons. The quantitative estimate of drug-likeness (QED) is 0.707. The van der Waals surface area contributed by atoms with Crippen molar-refractivity contribution in [2.75, 3.05) is 0 Å². The van der Waals surface area contributed by atoms with Crippen LogP contribution in [0.25, 0.3) is 5.57 Å². The first-order valence-electron chi connectivity index (χ1n) is 5.03. The normalized spacial score (nSPS) is 10.7. The van der Waals surface area contributed by atoms with Gasteiger partial charge in [0.1, 0.15) is 0 Å². The van der Waals surface area contributed by atoms with Crippen LogP contribution in [0.5, 0.6) is 0 Å². The second kappa shape index (κ2) is 5.21. The van der Waals surface area contributed by atoms with Gasteiger partial charge in [-0.3, -0.25) is 4.98 Å². The summed E-state index contributed by atoms with van der Waals surface area (Å²) in [6.45, 7) is 6.00. The average molecular weight is 200 g/mol. The van der Waals surface area contributed by atoms with Gasteiger partial charge in [-0.15, -0.1) is 0 Å². The van der Waals surface area contributed by atoms with E-state index in [1.54, 1.807) is 12.4 Å². The molecule has 1 rings (SSSR count). The Hall–Kier alpha value is -1.75. The zero-order valence-electron chi connectivity index (χ0n) is 9.46. The molecule has 0 aliphatic rings. The minimum atomic E-state index is 0.864. The van der Waals surface area contributed by atoms with Crippen LogP contribution in [0.4, 0.5) is 0 Å². The zero-order chi connectivity index (χ0) is 11.3. The van der Waals surface area contributed by atoms with Crippen LogP contribution in [-0.4, -0.2) is 4.98 Å². The number of allylic oxidation sites excluding steroid dienone is 1. The number of rotatable bonds is 1. The Morgan fingerprint density at radius 1 is 1.60 bits per heavy atom. The highest BCUT2D eigenvalue weighted by Gasteiger charge is 2.01. The van der Waals surface area contributed by atoms with Crippen LogP contribution >= 0.6 is 0 Å². The number of nitrogens with zero attached hydrogens (tertiary/aromatic N) is 1. The van der Waals surface area contributed by atoms with Crippen molar-refractivity contribution in [2.45, 2.75) is 27.2 Å². The average Bonchev–Trinajstić information content (AvgIpc) is 2.25. The van der Waals surface area contributed by atoms with Crippen LogP contribution in [0.15, 0.2) is 18.5 Å². The van der Waals surface area contributed by atoms with Crippen LogP contribution in [0.2, 0.25) is 0 Å². The molecule has 15 heavy (non-hydrogen) atoms. The molecular formula is C13H16N2. The minimum Gasteiger partial charge on any atom is -0.404 e. The largest absolute Gasteiger partial charge is 0.404 e. The summed E-state index contributed by atoms with van der Waals surface area (Å²) in [6.07, 6.45) is 4.23. The highest BCUT2D eigenvalue weighted by molar-refractivity contribution is 5.63. The number of nitrogens with two attached hydrogens (primary N) is 1. The van der Waals surface area contributed by atoms with Gasteiger partial charge in [-0.25, -0.2) is 0 Å². The molecule has 1 aromatic rings. The Morgan fingerprint density at radius 3 is 2.87 bits per heavy atom. The molecule has 0 bridgehead atoms. The van der Waals surface area contributed by atoms with E-state index in [2.05, 4.69) is 16.8 Å². The van der Waals surface area contributed by atoms with Crippen LogP contribution in [0.1, 0.15) is 37.1 Å². The fraction of sp³-hybridized carbons (Fsp3) is 0.308. The summed E-state index contributed by atoms with van der Waals surface area (Å²) in [5, 5.41) is 0. The maximum absolute atomic E-state index is 5.46. The summed E-state index contributed by atoms with van der Waals surface area (Å²) in [5.74, 6) is 6.08. The monoisotopic (exact) mass is 200 g/mol. The van der Waals surface area contributed by atoms with Gasteiger partial charge in [0.25, 0.3) is 0 Å². The molecule has 0 aliphatic carbocycles. The predicted octanol–water partition coefficient (Wildman–Crippen LogP) is 2.47. The van der Waals surface area contributed by atoms with Crippen LogP contribution in [0, 0.1) is 18.8 Å². The molecule has 2 heteroatoms. The van der Waals surface area contributed by atoms with Gasteiger partial charge in [0, 0.05) is 18.2 Å². The smallest absolute Gasteiger partial charge is 0.0703 e. The molecule has 2 nitrogen and oxygen atoms in total. The zero-order valence-corrected chi connectivity index (χ0v) is 9.46. The number of pyridine rings is 1. The van der Waals surface area contributed by atoms with Crippen molar-refractivity contribution in [3.8, 4) is 11.8 Å². The van der Waals surface area contributed by atoms with Gasteiger partial charge in [-0.05, 0) is 37.3 Å². The molecule has 0 aliphatic heterocycles. The van der Waals surface area contributed by atoms with Gasteiger partial charge in [-0.2, -0.15) is 0 Å². The van der Waals surface area contributed by atoms with Gasteiger partial charge >= 0.3 is 0 Å². The lowest BCUT2D eigenvalue weighted by Gasteiger charge is -2.04. The Balaban J connectivity index is 3.09. The second-order valence-corrected chi connectivity index (χ2v) is 3.39. The molecule has 1 aromatic heterocycles. The standard InChI is InChI=1S/C13H16N2/c1-4-5-6-12-7-10(2)13(15-9-12)11(3)8-14/h7-9H,4,14H2,1-3H3/b11-8+. The topological polar surface area (TPSA) is 38.9 Å². The van der Waals surface area contributed by atoms with Gasteiger partial charge in [0.2, 0.25) is 0 Å². The minimum absolute atomic E-state index is 0.864. The summed E-state index contributed by atoms with van der Waals surface area (Å²) in [4.78, 5) is 4.35. The van der Waals surface area contributed by atoms with E-state index >= 15 is 0 Å². The molecule has 1 heterocycles. The first kappa shape index (κ1) is 11.3. The lowest BCUT2D eigenvalue weighted by molar-refractivity contribution is 1.20. The molecule has 0 aromatic carbocycles. The highest BCUT2D eigenvalue weighted by Crippen LogP contribution is 2.15. The number of aryl methyl sites for hydroxylation is 1. The Morgan fingerprint density at radius 2 is 2.33 bits per heavy atom. The number of hydrogen-bond donors (Lipinski definition) is 1. The van der Waals surface area contributed by atoms with Crippen molar-refractivity contribution in [1.29, 1.82) is 0 Å². The van der Waals surface area contributed by atoms with E-state index in [0.29, 0.717) is 0 Å².